The van der Waals surface area contributed by atoms with E-state index in [1.807, 2.05) is 60.2 Å². The van der Waals surface area contributed by atoms with Crippen LogP contribution in [-0.2, 0) is 23.0 Å². The number of carbonyl (C=O) groups is 1. The minimum atomic E-state index is -4.05. The summed E-state index contributed by atoms with van der Waals surface area (Å²) in [5, 5.41) is 10.2. The Kier molecular flexibility index (Phi) is 6.84. The first-order chi connectivity index (χ1) is 18.3. The van der Waals surface area contributed by atoms with E-state index in [1.165, 1.54) is 0 Å². The predicted molar refractivity (Wildman–Crippen MR) is 151 cm³/mol. The summed E-state index contributed by atoms with van der Waals surface area (Å²) in [5.41, 5.74) is 8.22. The highest BCUT2D eigenvalue weighted by Crippen LogP contribution is 2.24. The molecule has 0 saturated carbocycles. The van der Waals surface area contributed by atoms with Gasteiger partial charge in [0.2, 0.25) is 10.0 Å². The Morgan fingerprint density at radius 2 is 1.71 bits per heavy atom. The molecule has 0 bridgehead atoms. The number of Topliss-reactive ketones (excluding diaryl/α,β-unsaturated/α-hetero) is 1. The van der Waals surface area contributed by atoms with Crippen molar-refractivity contribution in [2.24, 2.45) is 5.73 Å². The molecule has 0 spiro atoms. The number of amidine groups is 1. The highest BCUT2D eigenvalue weighted by molar-refractivity contribution is 7.89. The molecule has 8 heteroatoms. The molecule has 0 fully saturated rings. The van der Waals surface area contributed by atoms with Gasteiger partial charge >= 0.3 is 0 Å². The number of nitrogens with zero attached hydrogens (tertiary/aromatic N) is 1. The highest BCUT2D eigenvalue weighted by atomic mass is 32.2. The summed E-state index contributed by atoms with van der Waals surface area (Å²) in [4.78, 5) is 14.1. The zero-order valence-corrected chi connectivity index (χ0v) is 21.7. The lowest BCUT2D eigenvalue weighted by atomic mass is 9.95. The van der Waals surface area contributed by atoms with E-state index in [4.69, 9.17) is 11.1 Å². The molecule has 38 heavy (non-hydrogen) atoms. The van der Waals surface area contributed by atoms with Crippen LogP contribution < -0.4 is 10.5 Å². The zero-order valence-electron chi connectivity index (χ0n) is 20.9. The number of nitrogens with one attached hydrogen (secondary N) is 2. The van der Waals surface area contributed by atoms with Gasteiger partial charge in [0.05, 0.1) is 10.9 Å². The van der Waals surface area contributed by atoms with Gasteiger partial charge in [-0.05, 0) is 60.0 Å². The van der Waals surface area contributed by atoms with Gasteiger partial charge in [-0.25, -0.2) is 8.42 Å². The van der Waals surface area contributed by atoms with E-state index in [0.717, 1.165) is 28.2 Å². The SMILES string of the molecule is CCn1ccc2c(C(=O)[C@H](Cc3cccc(C(=N)N)c3)NS(=O)(=O)c3ccc4ccccc4c3)cccc21. The minimum Gasteiger partial charge on any atom is -0.384 e. The molecule has 7 nitrogen and oxygen atoms in total. The van der Waals surface area contributed by atoms with E-state index < -0.39 is 16.1 Å². The number of fused-ring (bicyclic) bond motifs is 2. The van der Waals surface area contributed by atoms with Gasteiger partial charge in [0.1, 0.15) is 5.84 Å². The molecule has 0 aliphatic rings. The number of sulfonamides is 1. The maximum atomic E-state index is 14.0. The van der Waals surface area contributed by atoms with Crippen LogP contribution in [0.1, 0.15) is 28.4 Å². The van der Waals surface area contributed by atoms with Crippen LogP contribution in [0.2, 0.25) is 0 Å². The molecule has 0 saturated heterocycles. The number of nitrogens with two attached hydrogens (primary N) is 1. The van der Waals surface area contributed by atoms with Crippen molar-refractivity contribution in [1.82, 2.24) is 9.29 Å². The first-order valence-electron chi connectivity index (χ1n) is 12.3. The Balaban J connectivity index is 1.56. The fourth-order valence-corrected chi connectivity index (χ4v) is 6.01. The van der Waals surface area contributed by atoms with Gasteiger partial charge in [0.25, 0.3) is 0 Å². The van der Waals surface area contributed by atoms with Gasteiger partial charge in [0, 0.05) is 34.8 Å². The quantitative estimate of drug-likeness (QED) is 0.145. The standard InChI is InChI=1S/C30H28N4O3S/c1-2-34-16-15-25-26(11-6-12-28(25)34)29(35)27(18-20-7-5-10-23(17-20)30(31)32)33-38(36,37)24-14-13-21-8-3-4-9-22(21)19-24/h3-17,19,27,33H,2,18H2,1H3,(H3,31,32)/t27-/m0/s1. The highest BCUT2D eigenvalue weighted by Gasteiger charge is 2.28. The Hall–Kier alpha value is -4.27. The lowest BCUT2D eigenvalue weighted by molar-refractivity contribution is 0.0955. The Bertz CT molecular complexity index is 1790. The summed E-state index contributed by atoms with van der Waals surface area (Å²) in [7, 11) is -4.05. The maximum absolute atomic E-state index is 14.0. The molecule has 192 valence electrons. The average Bonchev–Trinajstić information content (AvgIpc) is 3.35. The van der Waals surface area contributed by atoms with Crippen molar-refractivity contribution in [1.29, 1.82) is 5.41 Å². The number of carbonyl (C=O) groups excluding carboxylic acids is 1. The van der Waals surface area contributed by atoms with Gasteiger partial charge in [-0.2, -0.15) is 4.72 Å². The maximum Gasteiger partial charge on any atom is 0.241 e. The second kappa shape index (κ2) is 10.2. The summed E-state index contributed by atoms with van der Waals surface area (Å²) in [6.45, 7) is 2.77. The third-order valence-corrected chi connectivity index (χ3v) is 8.21. The number of ketones is 1. The van der Waals surface area contributed by atoms with Gasteiger partial charge in [0.15, 0.2) is 5.78 Å². The molecular weight excluding hydrogens is 496 g/mol. The molecule has 4 aromatic carbocycles. The van der Waals surface area contributed by atoms with Crippen molar-refractivity contribution >= 4 is 43.3 Å². The summed E-state index contributed by atoms with van der Waals surface area (Å²) < 4.78 is 31.9. The lowest BCUT2D eigenvalue weighted by Crippen LogP contribution is -2.42. The van der Waals surface area contributed by atoms with Crippen LogP contribution in [0.25, 0.3) is 21.7 Å². The molecule has 4 N–H and O–H groups in total. The fraction of sp³-hybridized carbons (Fsp3) is 0.133. The van der Waals surface area contributed by atoms with Crippen LogP contribution in [0.5, 0.6) is 0 Å². The summed E-state index contributed by atoms with van der Waals surface area (Å²) in [6, 6.07) is 25.7. The van der Waals surface area contributed by atoms with Crippen molar-refractivity contribution in [3.05, 3.63) is 114 Å². The van der Waals surface area contributed by atoms with E-state index in [9.17, 15) is 13.2 Å². The number of hydrogen-bond acceptors (Lipinski definition) is 4. The normalized spacial score (nSPS) is 12.6. The van der Waals surface area contributed by atoms with Crippen LogP contribution in [-0.4, -0.2) is 30.6 Å². The molecule has 1 heterocycles. The van der Waals surface area contributed by atoms with Crippen molar-refractivity contribution in [3.63, 3.8) is 0 Å². The first kappa shape index (κ1) is 25.4. The van der Waals surface area contributed by atoms with Crippen molar-refractivity contribution in [2.75, 3.05) is 0 Å². The molecule has 1 atom stereocenters. The van der Waals surface area contributed by atoms with Crippen LogP contribution in [0.15, 0.2) is 102 Å². The monoisotopic (exact) mass is 524 g/mol. The predicted octanol–water partition coefficient (Wildman–Crippen LogP) is 4.87. The lowest BCUT2D eigenvalue weighted by Gasteiger charge is -2.19. The van der Waals surface area contributed by atoms with Crippen LogP contribution in [0.3, 0.4) is 0 Å². The first-order valence-corrected chi connectivity index (χ1v) is 13.8. The third-order valence-electron chi connectivity index (χ3n) is 6.74. The van der Waals surface area contributed by atoms with Crippen molar-refractivity contribution in [3.8, 4) is 0 Å². The number of aryl methyl sites for hydroxylation is 1. The fourth-order valence-electron chi connectivity index (χ4n) is 4.78. The molecule has 0 aliphatic carbocycles. The second-order valence-electron chi connectivity index (χ2n) is 9.21. The van der Waals surface area contributed by atoms with Gasteiger partial charge in [-0.3, -0.25) is 10.2 Å². The molecular formula is C30H28N4O3S. The van der Waals surface area contributed by atoms with Crippen LogP contribution >= 0.6 is 0 Å². The molecule has 1 aromatic heterocycles. The minimum absolute atomic E-state index is 0.0850. The Morgan fingerprint density at radius 1 is 0.947 bits per heavy atom. The van der Waals surface area contributed by atoms with Gasteiger partial charge < -0.3 is 10.3 Å². The average molecular weight is 525 g/mol. The molecule has 0 amide bonds. The van der Waals surface area contributed by atoms with Crippen molar-refractivity contribution in [2.45, 2.75) is 30.8 Å². The smallest absolute Gasteiger partial charge is 0.241 e. The van der Waals surface area contributed by atoms with E-state index in [-0.39, 0.29) is 22.9 Å². The van der Waals surface area contributed by atoms with Crippen LogP contribution in [0.4, 0.5) is 0 Å². The number of rotatable bonds is 9. The van der Waals surface area contributed by atoms with E-state index >= 15 is 0 Å². The molecule has 0 radical (unpaired) electrons. The molecule has 0 aliphatic heterocycles. The second-order valence-corrected chi connectivity index (χ2v) is 10.9. The Morgan fingerprint density at radius 3 is 2.47 bits per heavy atom. The Labute approximate surface area is 221 Å². The van der Waals surface area contributed by atoms with Gasteiger partial charge in [-0.15, -0.1) is 0 Å². The van der Waals surface area contributed by atoms with E-state index in [0.29, 0.717) is 16.7 Å². The van der Waals surface area contributed by atoms with Crippen LogP contribution in [0, 0.1) is 5.41 Å². The van der Waals surface area contributed by atoms with Gasteiger partial charge in [-0.1, -0.05) is 60.7 Å². The van der Waals surface area contributed by atoms with E-state index in [2.05, 4.69) is 4.72 Å². The topological polar surface area (TPSA) is 118 Å². The number of hydrogen-bond donors (Lipinski definition) is 3. The molecule has 0 unspecified atom stereocenters. The largest absolute Gasteiger partial charge is 0.384 e. The molecule has 5 rings (SSSR count). The number of nitrogen functional groups attached to an aromatic ring is 1. The summed E-state index contributed by atoms with van der Waals surface area (Å²) in [5.74, 6) is -0.431. The summed E-state index contributed by atoms with van der Waals surface area (Å²) in [6.07, 6.45) is 2.02. The summed E-state index contributed by atoms with van der Waals surface area (Å²) >= 11 is 0. The number of benzene rings is 4. The third kappa shape index (κ3) is 4.96. The zero-order chi connectivity index (χ0) is 26.9. The van der Waals surface area contributed by atoms with E-state index in [1.54, 1.807) is 48.5 Å². The molecule has 5 aromatic rings. The van der Waals surface area contributed by atoms with Crippen molar-refractivity contribution < 1.29 is 13.2 Å². The number of aromatic nitrogens is 1.